The van der Waals surface area contributed by atoms with Crippen molar-refractivity contribution in [3.63, 3.8) is 0 Å². The third kappa shape index (κ3) is 9.56. The van der Waals surface area contributed by atoms with Gasteiger partial charge in [-0.05, 0) is 80.6 Å². The highest BCUT2D eigenvalue weighted by Crippen LogP contribution is 2.28. The van der Waals surface area contributed by atoms with Crippen molar-refractivity contribution < 1.29 is 19.4 Å². The van der Waals surface area contributed by atoms with Crippen LogP contribution in [0.15, 0.2) is 48.5 Å². The summed E-state index contributed by atoms with van der Waals surface area (Å²) in [5, 5.41) is 19.6. The van der Waals surface area contributed by atoms with Crippen LogP contribution in [0.3, 0.4) is 0 Å². The van der Waals surface area contributed by atoms with Crippen molar-refractivity contribution in [2.75, 3.05) is 37.0 Å². The van der Waals surface area contributed by atoms with E-state index in [1.54, 1.807) is 11.8 Å². The average Bonchev–Trinajstić information content (AvgIpc) is 3.31. The Morgan fingerprint density at radius 3 is 2.62 bits per heavy atom. The highest BCUT2D eigenvalue weighted by molar-refractivity contribution is 8.13. The summed E-state index contributed by atoms with van der Waals surface area (Å²) >= 11 is 2.94. The first-order valence-electron chi connectivity index (χ1n) is 12.7. The van der Waals surface area contributed by atoms with Gasteiger partial charge in [-0.2, -0.15) is 11.8 Å². The Bertz CT molecular complexity index is 1030. The lowest BCUT2D eigenvalue weighted by Crippen LogP contribution is -2.38. The van der Waals surface area contributed by atoms with Gasteiger partial charge in [0.2, 0.25) is 0 Å². The van der Waals surface area contributed by atoms with Gasteiger partial charge >= 0.3 is 5.30 Å². The molecule has 37 heavy (non-hydrogen) atoms. The molecule has 202 valence electrons. The Kier molecular flexibility index (Phi) is 11.2. The average molecular weight is 546 g/mol. The fraction of sp³-hybridized carbons (Fsp3) is 0.500. The van der Waals surface area contributed by atoms with Crippen LogP contribution in [0, 0.1) is 0 Å². The van der Waals surface area contributed by atoms with E-state index in [9.17, 15) is 14.7 Å². The fourth-order valence-corrected chi connectivity index (χ4v) is 5.72. The number of ether oxygens (including phenoxy) is 1. The SMILES string of the molecule is CSCC[C@@H](CO)NC(=O)c1cc(NC[C@@H]2C[C@H](SC(=O)OC(C)(C)C)CN2)ccc1-c1ccccc1. The second kappa shape index (κ2) is 14.1. The molecule has 0 unspecified atom stereocenters. The van der Waals surface area contributed by atoms with E-state index in [1.807, 2.05) is 75.6 Å². The van der Waals surface area contributed by atoms with Crippen LogP contribution in [0.25, 0.3) is 11.1 Å². The fourth-order valence-electron chi connectivity index (χ4n) is 4.12. The molecule has 1 saturated heterocycles. The van der Waals surface area contributed by atoms with Crippen molar-refractivity contribution in [1.82, 2.24) is 10.6 Å². The van der Waals surface area contributed by atoms with Gasteiger partial charge in [0, 0.05) is 35.6 Å². The minimum absolute atomic E-state index is 0.0965. The molecule has 0 radical (unpaired) electrons. The second-order valence-corrected chi connectivity index (χ2v) is 12.4. The molecule has 7 nitrogen and oxygen atoms in total. The van der Waals surface area contributed by atoms with Gasteiger partial charge in [-0.3, -0.25) is 4.79 Å². The smallest absolute Gasteiger partial charge is 0.368 e. The second-order valence-electron chi connectivity index (χ2n) is 10.2. The number of hydrogen-bond acceptors (Lipinski definition) is 8. The molecule has 1 aliphatic heterocycles. The van der Waals surface area contributed by atoms with Gasteiger partial charge in [-0.25, -0.2) is 4.79 Å². The molecule has 0 spiro atoms. The van der Waals surface area contributed by atoms with Crippen LogP contribution in [0.4, 0.5) is 10.5 Å². The number of aliphatic hydroxyl groups is 1. The van der Waals surface area contributed by atoms with Crippen molar-refractivity contribution in [2.24, 2.45) is 0 Å². The highest BCUT2D eigenvalue weighted by Gasteiger charge is 2.28. The maximum absolute atomic E-state index is 13.3. The van der Waals surface area contributed by atoms with Crippen LogP contribution in [-0.4, -0.2) is 71.0 Å². The molecule has 0 aromatic heterocycles. The van der Waals surface area contributed by atoms with Crippen molar-refractivity contribution in [3.05, 3.63) is 54.1 Å². The number of hydrogen-bond donors (Lipinski definition) is 4. The van der Waals surface area contributed by atoms with Crippen LogP contribution in [-0.2, 0) is 4.74 Å². The first kappa shape index (κ1) is 29.4. The molecule has 1 fully saturated rings. The van der Waals surface area contributed by atoms with E-state index >= 15 is 0 Å². The zero-order valence-electron chi connectivity index (χ0n) is 22.1. The van der Waals surface area contributed by atoms with E-state index in [4.69, 9.17) is 4.74 Å². The third-order valence-corrected chi connectivity index (χ3v) is 7.57. The molecule has 0 aliphatic carbocycles. The van der Waals surface area contributed by atoms with Gasteiger partial charge < -0.3 is 25.8 Å². The van der Waals surface area contributed by atoms with E-state index in [2.05, 4.69) is 16.0 Å². The van der Waals surface area contributed by atoms with Crippen molar-refractivity contribution in [2.45, 2.75) is 56.5 Å². The Labute approximate surface area is 228 Å². The zero-order valence-corrected chi connectivity index (χ0v) is 23.7. The van der Waals surface area contributed by atoms with Crippen LogP contribution < -0.4 is 16.0 Å². The zero-order chi connectivity index (χ0) is 26.8. The number of rotatable bonds is 11. The molecule has 3 atom stereocenters. The highest BCUT2D eigenvalue weighted by atomic mass is 32.2. The Balaban J connectivity index is 1.66. The summed E-state index contributed by atoms with van der Waals surface area (Å²) in [6.07, 6.45) is 3.56. The van der Waals surface area contributed by atoms with Gasteiger partial charge in [0.1, 0.15) is 5.60 Å². The molecule has 1 amide bonds. The predicted octanol–water partition coefficient (Wildman–Crippen LogP) is 5.01. The van der Waals surface area contributed by atoms with Gasteiger partial charge in [0.15, 0.2) is 0 Å². The molecule has 4 N–H and O–H groups in total. The first-order valence-corrected chi connectivity index (χ1v) is 14.9. The molecule has 0 saturated carbocycles. The predicted molar refractivity (Wildman–Crippen MR) is 156 cm³/mol. The minimum atomic E-state index is -0.487. The van der Waals surface area contributed by atoms with Gasteiger partial charge in [0.25, 0.3) is 5.91 Å². The topological polar surface area (TPSA) is 99.7 Å². The van der Waals surface area contributed by atoms with Crippen molar-refractivity contribution in [1.29, 1.82) is 0 Å². The molecule has 1 aliphatic rings. The maximum atomic E-state index is 13.3. The van der Waals surface area contributed by atoms with Crippen molar-refractivity contribution >= 4 is 40.4 Å². The van der Waals surface area contributed by atoms with Crippen LogP contribution >= 0.6 is 23.5 Å². The van der Waals surface area contributed by atoms with E-state index in [0.29, 0.717) is 18.5 Å². The maximum Gasteiger partial charge on any atom is 0.368 e. The molecule has 0 bridgehead atoms. The number of anilines is 1. The minimum Gasteiger partial charge on any atom is -0.452 e. The molecular formula is C28H39N3O4S2. The lowest BCUT2D eigenvalue weighted by molar-refractivity contribution is 0.0736. The van der Waals surface area contributed by atoms with E-state index in [0.717, 1.165) is 35.5 Å². The monoisotopic (exact) mass is 545 g/mol. The van der Waals surface area contributed by atoms with E-state index in [1.165, 1.54) is 11.8 Å². The third-order valence-electron chi connectivity index (χ3n) is 5.96. The Morgan fingerprint density at radius 1 is 1.19 bits per heavy atom. The molecule has 3 rings (SSSR count). The first-order chi connectivity index (χ1) is 17.7. The summed E-state index contributed by atoms with van der Waals surface area (Å²) in [5.41, 5.74) is 2.73. The molecule has 2 aromatic rings. The van der Waals surface area contributed by atoms with Gasteiger partial charge in [0.05, 0.1) is 12.6 Å². The van der Waals surface area contributed by atoms with Gasteiger partial charge in [-0.1, -0.05) is 36.4 Å². The lowest BCUT2D eigenvalue weighted by atomic mass is 9.98. The standard InChI is InChI=1S/C28H39N3O4S2/c1-28(2,3)35-27(34)37-23-14-22(30-17-23)16-29-20-10-11-24(19-8-6-5-7-9-19)25(15-20)26(33)31-21(18-32)12-13-36-4/h5-11,15,21-23,29-30,32H,12-14,16-18H2,1-4H3,(H,31,33)/t21-,22-,23-/m0/s1. The molecule has 1 heterocycles. The number of nitrogens with one attached hydrogen (secondary N) is 3. The lowest BCUT2D eigenvalue weighted by Gasteiger charge is -2.20. The number of amides is 1. The van der Waals surface area contributed by atoms with E-state index in [-0.39, 0.29) is 35.1 Å². The van der Waals surface area contributed by atoms with Crippen LogP contribution in [0.2, 0.25) is 0 Å². The van der Waals surface area contributed by atoms with Crippen molar-refractivity contribution in [3.8, 4) is 11.1 Å². The molecule has 2 aromatic carbocycles. The largest absolute Gasteiger partial charge is 0.452 e. The quantitative estimate of drug-likeness (QED) is 0.293. The number of carbonyl (C=O) groups excluding carboxylic acids is 2. The van der Waals surface area contributed by atoms with E-state index < -0.39 is 5.60 Å². The summed E-state index contributed by atoms with van der Waals surface area (Å²) in [6.45, 7) is 6.94. The normalized spacial score (nSPS) is 18.3. The summed E-state index contributed by atoms with van der Waals surface area (Å²) in [6, 6.07) is 15.6. The summed E-state index contributed by atoms with van der Waals surface area (Å²) in [4.78, 5) is 25.5. The molecule has 9 heteroatoms. The Morgan fingerprint density at radius 2 is 1.95 bits per heavy atom. The molecular weight excluding hydrogens is 506 g/mol. The Hall–Kier alpha value is -2.20. The number of carbonyl (C=O) groups is 2. The summed E-state index contributed by atoms with van der Waals surface area (Å²) in [5.74, 6) is 0.663. The van der Waals surface area contributed by atoms with Crippen LogP contribution in [0.1, 0.15) is 44.0 Å². The number of aliphatic hydroxyl groups excluding tert-OH is 1. The summed E-state index contributed by atoms with van der Waals surface area (Å²) < 4.78 is 5.43. The summed E-state index contributed by atoms with van der Waals surface area (Å²) in [7, 11) is 0. The van der Waals surface area contributed by atoms with Gasteiger partial charge in [-0.15, -0.1) is 0 Å². The van der Waals surface area contributed by atoms with Crippen LogP contribution in [0.5, 0.6) is 0 Å². The number of benzene rings is 2. The number of thioether (sulfide) groups is 2.